The summed E-state index contributed by atoms with van der Waals surface area (Å²) in [5.74, 6) is 4.73. The zero-order valence-corrected chi connectivity index (χ0v) is 14.8. The zero-order chi connectivity index (χ0) is 18.9. The third kappa shape index (κ3) is 6.79. The van der Waals surface area contributed by atoms with Gasteiger partial charge in [-0.15, -0.1) is 0 Å². The maximum absolute atomic E-state index is 12.3. The fourth-order valence-corrected chi connectivity index (χ4v) is 2.01. The minimum atomic E-state index is -1.07. The highest BCUT2D eigenvalue weighted by Crippen LogP contribution is 2.10. The van der Waals surface area contributed by atoms with E-state index in [-0.39, 0.29) is 0 Å². The molecule has 0 aromatic heterocycles. The van der Waals surface area contributed by atoms with Crippen molar-refractivity contribution in [3.63, 3.8) is 0 Å². The molecule has 0 heterocycles. The van der Waals surface area contributed by atoms with Crippen molar-refractivity contribution in [2.45, 2.75) is 45.2 Å². The molecule has 0 aliphatic heterocycles. The van der Waals surface area contributed by atoms with Crippen LogP contribution in [0.2, 0.25) is 0 Å². The van der Waals surface area contributed by atoms with Crippen LogP contribution < -0.4 is 16.5 Å². The molecule has 0 unspecified atom stereocenters. The molecule has 25 heavy (non-hydrogen) atoms. The third-order valence-electron chi connectivity index (χ3n) is 3.40. The third-order valence-corrected chi connectivity index (χ3v) is 3.40. The first-order valence-electron chi connectivity index (χ1n) is 8.08. The van der Waals surface area contributed by atoms with Gasteiger partial charge in [-0.3, -0.25) is 14.8 Å². The molecule has 0 radical (unpaired) electrons. The molecule has 1 aromatic carbocycles. The Morgan fingerprint density at radius 1 is 1.32 bits per heavy atom. The lowest BCUT2D eigenvalue weighted by atomic mass is 9.95. The number of nitrogens with one attached hydrogen (secondary N) is 2. The number of hydrogen-bond donors (Lipinski definition) is 4. The van der Waals surface area contributed by atoms with Crippen LogP contribution in [0.3, 0.4) is 0 Å². The van der Waals surface area contributed by atoms with Gasteiger partial charge in [0.05, 0.1) is 0 Å². The Bertz CT molecular complexity index is 677. The van der Waals surface area contributed by atoms with Gasteiger partial charge < -0.3 is 11.1 Å². The standard InChI is InChI=1S/C19H25N3O3/c1-4-5-6-7-8-9-14-10-12-15(13-11-14)17(23)21-16(18(24)22-25)19(2,3)20/h8-13,16,25H,4-5,20H2,1-3H3,(H,21,23)(H,22,24)/t16-/m1/s1. The van der Waals surface area contributed by atoms with Crippen LogP contribution in [0.1, 0.15) is 49.5 Å². The summed E-state index contributed by atoms with van der Waals surface area (Å²) in [6.45, 7) is 5.24. The SMILES string of the molecule is CCCC#CC=Cc1ccc(C(=O)N[C@H](C(=O)NO)C(C)(C)N)cc1. The van der Waals surface area contributed by atoms with Crippen molar-refractivity contribution >= 4 is 17.9 Å². The molecule has 0 spiro atoms. The van der Waals surface area contributed by atoms with Gasteiger partial charge in [0.1, 0.15) is 6.04 Å². The molecule has 0 saturated heterocycles. The smallest absolute Gasteiger partial charge is 0.267 e. The number of carbonyl (C=O) groups excluding carboxylic acids is 2. The van der Waals surface area contributed by atoms with Gasteiger partial charge in [0.2, 0.25) is 0 Å². The van der Waals surface area contributed by atoms with Gasteiger partial charge in [-0.2, -0.15) is 0 Å². The number of hydroxylamine groups is 1. The summed E-state index contributed by atoms with van der Waals surface area (Å²) >= 11 is 0. The van der Waals surface area contributed by atoms with E-state index >= 15 is 0 Å². The molecule has 6 nitrogen and oxygen atoms in total. The summed E-state index contributed by atoms with van der Waals surface area (Å²) in [4.78, 5) is 24.0. The van der Waals surface area contributed by atoms with Crippen LogP contribution >= 0.6 is 0 Å². The molecular formula is C19H25N3O3. The second-order valence-corrected chi connectivity index (χ2v) is 6.23. The van der Waals surface area contributed by atoms with E-state index < -0.39 is 23.4 Å². The van der Waals surface area contributed by atoms with Crippen molar-refractivity contribution in [2.75, 3.05) is 0 Å². The monoisotopic (exact) mass is 343 g/mol. The van der Waals surface area contributed by atoms with E-state index in [0.29, 0.717) is 5.56 Å². The largest absolute Gasteiger partial charge is 0.338 e. The van der Waals surface area contributed by atoms with E-state index in [1.165, 1.54) is 5.48 Å². The van der Waals surface area contributed by atoms with Crippen LogP contribution in [-0.2, 0) is 4.79 Å². The molecule has 0 fully saturated rings. The van der Waals surface area contributed by atoms with Gasteiger partial charge in [-0.05, 0) is 50.1 Å². The van der Waals surface area contributed by atoms with E-state index in [2.05, 4.69) is 24.1 Å². The van der Waals surface area contributed by atoms with Crippen LogP contribution in [0.25, 0.3) is 6.08 Å². The topological polar surface area (TPSA) is 104 Å². The van der Waals surface area contributed by atoms with Crippen molar-refractivity contribution < 1.29 is 14.8 Å². The lowest BCUT2D eigenvalue weighted by Crippen LogP contribution is -2.61. The van der Waals surface area contributed by atoms with Gasteiger partial charge in [0, 0.05) is 17.5 Å². The van der Waals surface area contributed by atoms with Crippen molar-refractivity contribution in [1.82, 2.24) is 10.8 Å². The van der Waals surface area contributed by atoms with E-state index in [1.807, 2.05) is 6.08 Å². The molecule has 0 aliphatic rings. The number of amides is 2. The van der Waals surface area contributed by atoms with Crippen LogP contribution in [0, 0.1) is 11.8 Å². The quantitative estimate of drug-likeness (QED) is 0.359. The molecule has 0 bridgehead atoms. The highest BCUT2D eigenvalue weighted by atomic mass is 16.5. The predicted molar refractivity (Wildman–Crippen MR) is 97.6 cm³/mol. The number of benzene rings is 1. The molecule has 0 saturated carbocycles. The average Bonchev–Trinajstić information content (AvgIpc) is 2.58. The van der Waals surface area contributed by atoms with Gasteiger partial charge in [-0.1, -0.05) is 30.9 Å². The number of hydrogen-bond acceptors (Lipinski definition) is 4. The Morgan fingerprint density at radius 3 is 2.48 bits per heavy atom. The van der Waals surface area contributed by atoms with Crippen LogP contribution in [-0.4, -0.2) is 28.6 Å². The van der Waals surface area contributed by atoms with E-state index in [9.17, 15) is 9.59 Å². The Balaban J connectivity index is 2.79. The van der Waals surface area contributed by atoms with Crippen molar-refractivity contribution in [3.8, 4) is 11.8 Å². The van der Waals surface area contributed by atoms with E-state index in [4.69, 9.17) is 10.9 Å². The Morgan fingerprint density at radius 2 is 1.96 bits per heavy atom. The highest BCUT2D eigenvalue weighted by Gasteiger charge is 2.33. The first-order valence-corrected chi connectivity index (χ1v) is 8.08. The molecule has 134 valence electrons. The molecular weight excluding hydrogens is 318 g/mol. The number of allylic oxidation sites excluding steroid dienone is 1. The van der Waals surface area contributed by atoms with Gasteiger partial charge >= 0.3 is 0 Å². The maximum Gasteiger partial charge on any atom is 0.267 e. The lowest BCUT2D eigenvalue weighted by molar-refractivity contribution is -0.132. The molecule has 2 amide bonds. The fraction of sp³-hybridized carbons (Fsp3) is 0.368. The van der Waals surface area contributed by atoms with E-state index in [1.54, 1.807) is 44.2 Å². The summed E-state index contributed by atoms with van der Waals surface area (Å²) in [6, 6.07) is 5.78. The van der Waals surface area contributed by atoms with E-state index in [0.717, 1.165) is 18.4 Å². The first kappa shape index (κ1) is 20.4. The second kappa shape index (κ2) is 9.62. The Kier molecular flexibility index (Phi) is 7.86. The van der Waals surface area contributed by atoms with Crippen LogP contribution in [0.5, 0.6) is 0 Å². The average molecular weight is 343 g/mol. The van der Waals surface area contributed by atoms with Crippen LogP contribution in [0.4, 0.5) is 0 Å². The Labute approximate surface area is 148 Å². The molecule has 1 rings (SSSR count). The fourth-order valence-electron chi connectivity index (χ4n) is 2.01. The van der Waals surface area contributed by atoms with Gasteiger partial charge in [-0.25, -0.2) is 5.48 Å². The highest BCUT2D eigenvalue weighted by molar-refractivity contribution is 5.98. The molecule has 0 aliphatic carbocycles. The van der Waals surface area contributed by atoms with Crippen molar-refractivity contribution in [1.29, 1.82) is 0 Å². The number of rotatable bonds is 6. The molecule has 6 heteroatoms. The second-order valence-electron chi connectivity index (χ2n) is 6.23. The molecule has 1 atom stereocenters. The summed E-state index contributed by atoms with van der Waals surface area (Å²) in [6.07, 6.45) is 5.52. The minimum absolute atomic E-state index is 0.384. The summed E-state index contributed by atoms with van der Waals surface area (Å²) in [5, 5.41) is 11.3. The number of nitrogens with two attached hydrogens (primary N) is 1. The summed E-state index contributed by atoms with van der Waals surface area (Å²) in [5.41, 5.74) is 7.66. The maximum atomic E-state index is 12.3. The van der Waals surface area contributed by atoms with Crippen LogP contribution in [0.15, 0.2) is 30.3 Å². The normalized spacial score (nSPS) is 12.2. The van der Waals surface area contributed by atoms with Gasteiger partial charge in [0.25, 0.3) is 11.8 Å². The summed E-state index contributed by atoms with van der Waals surface area (Å²) in [7, 11) is 0. The summed E-state index contributed by atoms with van der Waals surface area (Å²) < 4.78 is 0. The Hall–Kier alpha value is -2.62. The lowest BCUT2D eigenvalue weighted by Gasteiger charge is -2.29. The van der Waals surface area contributed by atoms with Crippen molar-refractivity contribution in [2.24, 2.45) is 5.73 Å². The first-order chi connectivity index (χ1) is 11.8. The number of carbonyl (C=O) groups is 2. The molecule has 1 aromatic rings. The van der Waals surface area contributed by atoms with Crippen molar-refractivity contribution in [3.05, 3.63) is 41.5 Å². The number of unbranched alkanes of at least 4 members (excludes halogenated alkanes) is 1. The van der Waals surface area contributed by atoms with Gasteiger partial charge in [0.15, 0.2) is 0 Å². The molecule has 5 N–H and O–H groups in total. The predicted octanol–water partition coefficient (Wildman–Crippen LogP) is 1.84. The minimum Gasteiger partial charge on any atom is -0.338 e. The zero-order valence-electron chi connectivity index (χ0n) is 14.8.